The van der Waals surface area contributed by atoms with Crippen LogP contribution in [0.4, 0.5) is 13.2 Å². The van der Waals surface area contributed by atoms with E-state index >= 15 is 0 Å². The highest BCUT2D eigenvalue weighted by Gasteiger charge is 2.48. The minimum atomic E-state index is -4.60. The Labute approximate surface area is 119 Å². The van der Waals surface area contributed by atoms with Crippen molar-refractivity contribution in [1.29, 1.82) is 0 Å². The van der Waals surface area contributed by atoms with Crippen LogP contribution in [0.25, 0.3) is 0 Å². The molecule has 1 aromatic heterocycles. The quantitative estimate of drug-likeness (QED) is 0.896. The lowest BCUT2D eigenvalue weighted by molar-refractivity contribution is -0.196. The van der Waals surface area contributed by atoms with Gasteiger partial charge < -0.3 is 14.4 Å². The number of hydrogen-bond donors (Lipinski definition) is 1. The van der Waals surface area contributed by atoms with E-state index in [-0.39, 0.29) is 26.3 Å². The standard InChI is InChI=1S/C13H17F3N2O3/c1-8-7-9(19)11(20)10(17(8)2)12(13(14,15)16)18-3-5-21-6-4-18/h7,12,20H,3-6H2,1-2H3. The molecule has 0 aromatic carbocycles. The Morgan fingerprint density at radius 1 is 1.33 bits per heavy atom. The Bertz CT molecular complexity index is 577. The van der Waals surface area contributed by atoms with E-state index < -0.39 is 29.1 Å². The normalized spacial score (nSPS) is 18.7. The van der Waals surface area contributed by atoms with Crippen LogP contribution in [-0.2, 0) is 11.8 Å². The number of hydrogen-bond acceptors (Lipinski definition) is 4. The van der Waals surface area contributed by atoms with Crippen molar-refractivity contribution < 1.29 is 23.0 Å². The van der Waals surface area contributed by atoms with Crippen LogP contribution in [0.1, 0.15) is 17.4 Å². The fraction of sp³-hybridized carbons (Fsp3) is 0.615. The number of ether oxygens (including phenoxy) is 1. The van der Waals surface area contributed by atoms with Crippen LogP contribution in [0.5, 0.6) is 5.75 Å². The molecule has 0 spiro atoms. The zero-order valence-electron chi connectivity index (χ0n) is 11.8. The molecule has 0 bridgehead atoms. The minimum absolute atomic E-state index is 0.0890. The molecule has 5 nitrogen and oxygen atoms in total. The number of alkyl halides is 3. The number of morpholine rings is 1. The molecule has 2 rings (SSSR count). The van der Waals surface area contributed by atoms with Gasteiger partial charge in [-0.15, -0.1) is 0 Å². The van der Waals surface area contributed by atoms with Gasteiger partial charge in [-0.05, 0) is 6.92 Å². The molecule has 0 saturated carbocycles. The van der Waals surface area contributed by atoms with Gasteiger partial charge in [0.2, 0.25) is 5.43 Å². The zero-order chi connectivity index (χ0) is 15.8. The second-order valence-corrected chi connectivity index (χ2v) is 5.04. The molecule has 1 aromatic rings. The summed E-state index contributed by atoms with van der Waals surface area (Å²) in [4.78, 5) is 12.8. The fourth-order valence-electron chi connectivity index (χ4n) is 2.51. The molecule has 0 amide bonds. The topological polar surface area (TPSA) is 54.7 Å². The first-order valence-corrected chi connectivity index (χ1v) is 6.51. The van der Waals surface area contributed by atoms with E-state index in [1.54, 1.807) is 0 Å². The van der Waals surface area contributed by atoms with Gasteiger partial charge in [-0.25, -0.2) is 0 Å². The number of halogens is 3. The summed E-state index contributed by atoms with van der Waals surface area (Å²) in [6, 6.07) is -0.912. The summed E-state index contributed by atoms with van der Waals surface area (Å²) in [5.41, 5.74) is -0.868. The lowest BCUT2D eigenvalue weighted by Crippen LogP contribution is -2.46. The Morgan fingerprint density at radius 2 is 1.90 bits per heavy atom. The first-order chi connectivity index (χ1) is 9.73. The highest BCUT2D eigenvalue weighted by atomic mass is 19.4. The number of nitrogens with zero attached hydrogens (tertiary/aromatic N) is 2. The van der Waals surface area contributed by atoms with Gasteiger partial charge in [0.25, 0.3) is 0 Å². The molecular formula is C13H17F3N2O3. The maximum Gasteiger partial charge on any atom is 0.409 e. The van der Waals surface area contributed by atoms with Crippen molar-refractivity contribution in [3.8, 4) is 5.75 Å². The number of aryl methyl sites for hydroxylation is 1. The summed E-state index contributed by atoms with van der Waals surface area (Å²) in [5, 5.41) is 9.88. The third-order valence-corrected chi connectivity index (χ3v) is 3.69. The Kier molecular flexibility index (Phi) is 4.29. The van der Waals surface area contributed by atoms with Crippen LogP contribution >= 0.6 is 0 Å². The number of pyridine rings is 1. The lowest BCUT2D eigenvalue weighted by atomic mass is 10.1. The Balaban J connectivity index is 2.59. The van der Waals surface area contributed by atoms with Gasteiger partial charge in [-0.3, -0.25) is 9.69 Å². The first-order valence-electron chi connectivity index (χ1n) is 6.51. The van der Waals surface area contributed by atoms with E-state index in [9.17, 15) is 23.1 Å². The third-order valence-electron chi connectivity index (χ3n) is 3.69. The zero-order valence-corrected chi connectivity index (χ0v) is 11.8. The van der Waals surface area contributed by atoms with E-state index in [1.807, 2.05) is 0 Å². The Morgan fingerprint density at radius 3 is 2.43 bits per heavy atom. The molecule has 0 radical (unpaired) electrons. The molecule has 118 valence electrons. The van der Waals surface area contributed by atoms with Crippen LogP contribution < -0.4 is 5.43 Å². The summed E-state index contributed by atoms with van der Waals surface area (Å²) in [6.45, 7) is 2.08. The van der Waals surface area contributed by atoms with Crippen LogP contribution in [0.3, 0.4) is 0 Å². The predicted molar refractivity (Wildman–Crippen MR) is 69.3 cm³/mol. The molecule has 1 unspecified atom stereocenters. The number of rotatable bonds is 2. The minimum Gasteiger partial charge on any atom is -0.503 e. The van der Waals surface area contributed by atoms with Crippen LogP contribution in [0, 0.1) is 6.92 Å². The molecule has 1 aliphatic heterocycles. The van der Waals surface area contributed by atoms with Crippen molar-refractivity contribution in [3.63, 3.8) is 0 Å². The van der Waals surface area contributed by atoms with Gasteiger partial charge in [0.05, 0.1) is 18.9 Å². The summed E-state index contributed by atoms with van der Waals surface area (Å²) >= 11 is 0. The van der Waals surface area contributed by atoms with Crippen LogP contribution in [0.15, 0.2) is 10.9 Å². The molecule has 2 heterocycles. The van der Waals surface area contributed by atoms with E-state index in [0.717, 1.165) is 6.07 Å². The van der Waals surface area contributed by atoms with Crippen molar-refractivity contribution in [1.82, 2.24) is 9.47 Å². The largest absolute Gasteiger partial charge is 0.503 e. The second-order valence-electron chi connectivity index (χ2n) is 5.04. The van der Waals surface area contributed by atoms with Gasteiger partial charge in [0, 0.05) is 31.9 Å². The van der Waals surface area contributed by atoms with E-state index in [2.05, 4.69) is 0 Å². The molecular weight excluding hydrogens is 289 g/mol. The summed E-state index contributed by atoms with van der Waals surface area (Å²) in [7, 11) is 1.41. The van der Waals surface area contributed by atoms with Crippen molar-refractivity contribution in [2.24, 2.45) is 7.05 Å². The van der Waals surface area contributed by atoms with Gasteiger partial charge >= 0.3 is 6.18 Å². The van der Waals surface area contributed by atoms with Crippen molar-refractivity contribution >= 4 is 0 Å². The van der Waals surface area contributed by atoms with Crippen LogP contribution in [-0.4, -0.2) is 47.1 Å². The fourth-order valence-corrected chi connectivity index (χ4v) is 2.51. The van der Waals surface area contributed by atoms with E-state index in [0.29, 0.717) is 5.69 Å². The third kappa shape index (κ3) is 3.06. The molecule has 1 atom stereocenters. The molecule has 1 aliphatic rings. The molecule has 1 fully saturated rings. The number of aromatic hydroxyl groups is 1. The van der Waals surface area contributed by atoms with Gasteiger partial charge in [-0.2, -0.15) is 13.2 Å². The number of aromatic nitrogens is 1. The first kappa shape index (κ1) is 15.8. The highest BCUT2D eigenvalue weighted by molar-refractivity contribution is 5.33. The van der Waals surface area contributed by atoms with Crippen molar-refractivity contribution in [2.75, 3.05) is 26.3 Å². The van der Waals surface area contributed by atoms with Gasteiger partial charge in [0.1, 0.15) is 0 Å². The SMILES string of the molecule is Cc1cc(=O)c(O)c(C(N2CCOCC2)C(F)(F)F)n1C. The van der Waals surface area contributed by atoms with E-state index in [1.165, 1.54) is 23.4 Å². The lowest BCUT2D eigenvalue weighted by Gasteiger charge is -2.36. The monoisotopic (exact) mass is 306 g/mol. The average molecular weight is 306 g/mol. The predicted octanol–water partition coefficient (Wildman–Crippen LogP) is 1.33. The second kappa shape index (κ2) is 5.69. The highest BCUT2D eigenvalue weighted by Crippen LogP contribution is 2.40. The van der Waals surface area contributed by atoms with Crippen LogP contribution in [0.2, 0.25) is 0 Å². The Hall–Kier alpha value is -1.54. The molecule has 0 aliphatic carbocycles. The average Bonchev–Trinajstić information content (AvgIpc) is 2.41. The van der Waals surface area contributed by atoms with E-state index in [4.69, 9.17) is 4.74 Å². The summed E-state index contributed by atoms with van der Waals surface area (Å²) in [6.07, 6.45) is -4.60. The summed E-state index contributed by atoms with van der Waals surface area (Å²) < 4.78 is 46.8. The molecule has 21 heavy (non-hydrogen) atoms. The van der Waals surface area contributed by atoms with Crippen molar-refractivity contribution in [2.45, 2.75) is 19.1 Å². The molecule has 8 heteroatoms. The maximum absolute atomic E-state index is 13.5. The summed E-state index contributed by atoms with van der Waals surface area (Å²) in [5.74, 6) is -0.850. The maximum atomic E-state index is 13.5. The van der Waals surface area contributed by atoms with Gasteiger partial charge in [0.15, 0.2) is 11.8 Å². The van der Waals surface area contributed by atoms with Gasteiger partial charge in [-0.1, -0.05) is 0 Å². The van der Waals surface area contributed by atoms with Crippen molar-refractivity contribution in [3.05, 3.63) is 27.7 Å². The molecule has 1 saturated heterocycles. The molecule has 1 N–H and O–H groups in total. The smallest absolute Gasteiger partial charge is 0.409 e.